The Balaban J connectivity index is 1.98. The Morgan fingerprint density at radius 2 is 2.06 bits per heavy atom. The van der Waals surface area contributed by atoms with Crippen molar-refractivity contribution in [3.8, 4) is 0 Å². The second-order valence-corrected chi connectivity index (χ2v) is 4.62. The van der Waals surface area contributed by atoms with Crippen LogP contribution in [0.3, 0.4) is 0 Å². The summed E-state index contributed by atoms with van der Waals surface area (Å²) in [6, 6.07) is 3.86. The molecule has 1 aliphatic rings. The van der Waals surface area contributed by atoms with Crippen LogP contribution in [0.4, 0.5) is 5.88 Å². The van der Waals surface area contributed by atoms with Gasteiger partial charge in [-0.25, -0.2) is 4.79 Å². The molecule has 0 amide bonds. The number of hydrogen-bond acceptors (Lipinski definition) is 4. The zero-order chi connectivity index (χ0) is 12.4. The van der Waals surface area contributed by atoms with Crippen LogP contribution in [0.15, 0.2) is 16.5 Å². The Kier molecular flexibility index (Phi) is 3.38. The highest BCUT2D eigenvalue weighted by atomic mass is 16.4. The first-order valence-corrected chi connectivity index (χ1v) is 5.82. The van der Waals surface area contributed by atoms with Crippen molar-refractivity contribution >= 4 is 11.9 Å². The molecule has 1 fully saturated rings. The molecular weight excluding hydrogens is 220 g/mol. The van der Waals surface area contributed by atoms with Crippen LogP contribution in [0, 0.1) is 0 Å². The minimum atomic E-state index is -1.01. The summed E-state index contributed by atoms with van der Waals surface area (Å²) in [4.78, 5) is 15.1. The third kappa shape index (κ3) is 2.61. The molecule has 1 aromatic rings. The number of furan rings is 1. The van der Waals surface area contributed by atoms with Crippen LogP contribution in [0.5, 0.6) is 0 Å². The molecule has 0 unspecified atom stereocenters. The van der Waals surface area contributed by atoms with Gasteiger partial charge in [-0.2, -0.15) is 0 Å². The highest BCUT2D eigenvalue weighted by Crippen LogP contribution is 2.23. The van der Waals surface area contributed by atoms with Gasteiger partial charge in [0.1, 0.15) is 0 Å². The van der Waals surface area contributed by atoms with E-state index in [1.807, 2.05) is 0 Å². The summed E-state index contributed by atoms with van der Waals surface area (Å²) >= 11 is 0. The zero-order valence-corrected chi connectivity index (χ0v) is 10.2. The van der Waals surface area contributed by atoms with Gasteiger partial charge in [0.15, 0.2) is 5.88 Å². The Bertz CT molecular complexity index is 392. The molecular formula is C12H18N2O3. The lowest BCUT2D eigenvalue weighted by molar-refractivity contribution is 0.0663. The van der Waals surface area contributed by atoms with Crippen molar-refractivity contribution in [1.82, 2.24) is 4.90 Å². The van der Waals surface area contributed by atoms with Gasteiger partial charge in [0.25, 0.3) is 0 Å². The average molecular weight is 238 g/mol. The molecule has 0 aromatic carbocycles. The number of piperidine rings is 1. The van der Waals surface area contributed by atoms with Crippen molar-refractivity contribution < 1.29 is 14.3 Å². The molecule has 1 saturated heterocycles. The van der Waals surface area contributed by atoms with Gasteiger partial charge in [0.05, 0.1) is 0 Å². The van der Waals surface area contributed by atoms with E-state index < -0.39 is 5.97 Å². The van der Waals surface area contributed by atoms with Crippen LogP contribution in [0.1, 0.15) is 23.4 Å². The fraction of sp³-hybridized carbons (Fsp3) is 0.583. The first-order chi connectivity index (χ1) is 8.08. The number of anilines is 1. The summed E-state index contributed by atoms with van der Waals surface area (Å²) in [5, 5.41) is 8.79. The maximum absolute atomic E-state index is 10.7. The lowest BCUT2D eigenvalue weighted by Crippen LogP contribution is -2.41. The largest absolute Gasteiger partial charge is 0.475 e. The summed E-state index contributed by atoms with van der Waals surface area (Å²) in [6.07, 6.45) is 2.16. The van der Waals surface area contributed by atoms with Crippen molar-refractivity contribution in [2.75, 3.05) is 32.1 Å². The molecule has 0 bridgehead atoms. The van der Waals surface area contributed by atoms with E-state index in [2.05, 4.69) is 23.9 Å². The molecule has 1 aromatic heterocycles. The minimum Gasteiger partial charge on any atom is -0.475 e. The van der Waals surface area contributed by atoms with Gasteiger partial charge >= 0.3 is 5.97 Å². The van der Waals surface area contributed by atoms with Crippen molar-refractivity contribution in [2.45, 2.75) is 18.9 Å². The Labute approximate surface area is 101 Å². The highest BCUT2D eigenvalue weighted by molar-refractivity contribution is 5.84. The van der Waals surface area contributed by atoms with Crippen molar-refractivity contribution in [3.63, 3.8) is 0 Å². The van der Waals surface area contributed by atoms with Gasteiger partial charge < -0.3 is 19.3 Å². The SMILES string of the molecule is CN(C)C1CCN(c2ccc(C(=O)O)o2)CC1. The fourth-order valence-electron chi connectivity index (χ4n) is 2.22. The first kappa shape index (κ1) is 12.0. The number of nitrogens with zero attached hydrogens (tertiary/aromatic N) is 2. The molecule has 0 saturated carbocycles. The maximum atomic E-state index is 10.7. The third-order valence-corrected chi connectivity index (χ3v) is 3.31. The van der Waals surface area contributed by atoms with Gasteiger partial charge in [-0.05, 0) is 33.0 Å². The molecule has 5 heteroatoms. The van der Waals surface area contributed by atoms with Gasteiger partial charge in [0, 0.05) is 25.2 Å². The molecule has 0 atom stereocenters. The normalized spacial score (nSPS) is 17.7. The van der Waals surface area contributed by atoms with Crippen LogP contribution in [-0.4, -0.2) is 49.2 Å². The average Bonchev–Trinajstić information content (AvgIpc) is 2.78. The van der Waals surface area contributed by atoms with Crippen molar-refractivity contribution in [3.05, 3.63) is 17.9 Å². The lowest BCUT2D eigenvalue weighted by Gasteiger charge is -2.34. The molecule has 94 valence electrons. The first-order valence-electron chi connectivity index (χ1n) is 5.82. The summed E-state index contributed by atoms with van der Waals surface area (Å²) in [5.41, 5.74) is 0. The van der Waals surface area contributed by atoms with E-state index >= 15 is 0 Å². The second kappa shape index (κ2) is 4.79. The predicted octanol–water partition coefficient (Wildman–Crippen LogP) is 1.51. The predicted molar refractivity (Wildman–Crippen MR) is 64.6 cm³/mol. The van der Waals surface area contributed by atoms with Gasteiger partial charge in [-0.1, -0.05) is 0 Å². The molecule has 17 heavy (non-hydrogen) atoms. The van der Waals surface area contributed by atoms with E-state index in [1.165, 1.54) is 6.07 Å². The third-order valence-electron chi connectivity index (χ3n) is 3.31. The number of carboxylic acids is 1. The van der Waals surface area contributed by atoms with Crippen LogP contribution >= 0.6 is 0 Å². The van der Waals surface area contributed by atoms with Gasteiger partial charge in [0.2, 0.25) is 5.76 Å². The smallest absolute Gasteiger partial charge is 0.371 e. The molecule has 1 N–H and O–H groups in total. The van der Waals surface area contributed by atoms with Crippen LogP contribution < -0.4 is 4.90 Å². The van der Waals surface area contributed by atoms with E-state index in [0.717, 1.165) is 25.9 Å². The number of rotatable bonds is 3. The second-order valence-electron chi connectivity index (χ2n) is 4.62. The Morgan fingerprint density at radius 3 is 2.53 bits per heavy atom. The Hall–Kier alpha value is -1.49. The van der Waals surface area contributed by atoms with Gasteiger partial charge in [-0.15, -0.1) is 0 Å². The maximum Gasteiger partial charge on any atom is 0.371 e. The molecule has 0 aliphatic carbocycles. The van der Waals surface area contributed by atoms with Crippen LogP contribution in [0.25, 0.3) is 0 Å². The molecule has 0 radical (unpaired) electrons. The summed E-state index contributed by atoms with van der Waals surface area (Å²) < 4.78 is 5.29. The standard InChI is InChI=1S/C12H18N2O3/c1-13(2)9-5-7-14(8-6-9)11-4-3-10(17-11)12(15)16/h3-4,9H,5-8H2,1-2H3,(H,15,16). The van der Waals surface area contributed by atoms with E-state index in [-0.39, 0.29) is 5.76 Å². The van der Waals surface area contributed by atoms with E-state index in [0.29, 0.717) is 11.9 Å². The topological polar surface area (TPSA) is 56.9 Å². The summed E-state index contributed by atoms with van der Waals surface area (Å²) in [6.45, 7) is 1.82. The van der Waals surface area contributed by atoms with Crippen LogP contribution in [0.2, 0.25) is 0 Å². The molecule has 1 aliphatic heterocycles. The quantitative estimate of drug-likeness (QED) is 0.865. The molecule has 5 nitrogen and oxygen atoms in total. The summed E-state index contributed by atoms with van der Waals surface area (Å²) in [7, 11) is 4.19. The number of carboxylic acid groups (broad SMARTS) is 1. The van der Waals surface area contributed by atoms with Crippen LogP contribution in [-0.2, 0) is 0 Å². The van der Waals surface area contributed by atoms with E-state index in [4.69, 9.17) is 9.52 Å². The fourth-order valence-corrected chi connectivity index (χ4v) is 2.22. The summed E-state index contributed by atoms with van der Waals surface area (Å²) in [5.74, 6) is -0.339. The highest BCUT2D eigenvalue weighted by Gasteiger charge is 2.23. The van der Waals surface area contributed by atoms with Crippen molar-refractivity contribution in [1.29, 1.82) is 0 Å². The Morgan fingerprint density at radius 1 is 1.41 bits per heavy atom. The number of hydrogen-bond donors (Lipinski definition) is 1. The van der Waals surface area contributed by atoms with E-state index in [1.54, 1.807) is 6.07 Å². The minimum absolute atomic E-state index is 0.00901. The van der Waals surface area contributed by atoms with Crippen molar-refractivity contribution in [2.24, 2.45) is 0 Å². The zero-order valence-electron chi connectivity index (χ0n) is 10.2. The molecule has 2 heterocycles. The van der Waals surface area contributed by atoms with E-state index in [9.17, 15) is 4.79 Å². The number of aromatic carboxylic acids is 1. The molecule has 0 spiro atoms. The number of carbonyl (C=O) groups is 1. The van der Waals surface area contributed by atoms with Gasteiger partial charge in [-0.3, -0.25) is 0 Å². The lowest BCUT2D eigenvalue weighted by atomic mass is 10.0. The monoisotopic (exact) mass is 238 g/mol. The molecule has 2 rings (SSSR count).